The molecule has 0 saturated carbocycles. The number of nitrogens with zero attached hydrogens (tertiary/aromatic N) is 7. The second kappa shape index (κ2) is 15.4. The lowest BCUT2D eigenvalue weighted by atomic mass is 9.98. The molecule has 0 spiro atoms. The zero-order valence-electron chi connectivity index (χ0n) is 28.6. The number of pyridine rings is 1. The molecule has 52 heavy (non-hydrogen) atoms. The first-order chi connectivity index (χ1) is 25.2. The maximum Gasteiger partial charge on any atom is 0.410 e. The molecule has 15 heteroatoms. The number of halogens is 2. The minimum absolute atomic E-state index is 0.0110. The number of likely N-dealkylation sites (tertiary alicyclic amines) is 2. The van der Waals surface area contributed by atoms with Crippen molar-refractivity contribution < 1.29 is 23.2 Å². The van der Waals surface area contributed by atoms with Crippen molar-refractivity contribution in [3.63, 3.8) is 0 Å². The molecule has 3 fully saturated rings. The van der Waals surface area contributed by atoms with E-state index in [4.69, 9.17) is 4.74 Å². The van der Waals surface area contributed by atoms with E-state index in [1.807, 2.05) is 4.90 Å². The molecule has 3 saturated heterocycles. The average molecular weight is 715 g/mol. The van der Waals surface area contributed by atoms with Crippen LogP contribution >= 0.6 is 0 Å². The van der Waals surface area contributed by atoms with Crippen LogP contribution in [0.4, 0.5) is 30.9 Å². The predicted octanol–water partition coefficient (Wildman–Crippen LogP) is 5.63. The van der Waals surface area contributed by atoms with E-state index in [0.29, 0.717) is 62.0 Å². The van der Waals surface area contributed by atoms with Gasteiger partial charge in [-0.2, -0.15) is 0 Å². The Morgan fingerprint density at radius 1 is 0.885 bits per heavy atom. The number of carbonyl (C=O) groups excluding carboxylic acids is 1. The van der Waals surface area contributed by atoms with Crippen LogP contribution in [0.3, 0.4) is 0 Å². The molecule has 272 valence electrons. The van der Waals surface area contributed by atoms with Gasteiger partial charge in [-0.15, -0.1) is 0 Å². The van der Waals surface area contributed by atoms with Gasteiger partial charge in [-0.1, -0.05) is 18.2 Å². The quantitative estimate of drug-likeness (QED) is 0.181. The van der Waals surface area contributed by atoms with Crippen molar-refractivity contribution in [1.82, 2.24) is 24.3 Å². The van der Waals surface area contributed by atoms with Crippen LogP contribution < -0.4 is 15.8 Å². The Morgan fingerprint density at radius 3 is 2.37 bits per heavy atom. The first-order valence-electron chi connectivity index (χ1n) is 17.7. The number of anilines is 2. The molecular weight excluding hydrogens is 674 g/mol. The molecule has 0 aliphatic carbocycles. The zero-order chi connectivity index (χ0) is 36.2. The predicted molar refractivity (Wildman–Crippen MR) is 191 cm³/mol. The average Bonchev–Trinajstić information content (AvgIpc) is 3.16. The van der Waals surface area contributed by atoms with Crippen molar-refractivity contribution >= 4 is 23.4 Å². The van der Waals surface area contributed by atoms with Crippen LogP contribution in [0.25, 0.3) is 16.9 Å². The zero-order valence-corrected chi connectivity index (χ0v) is 28.6. The van der Waals surface area contributed by atoms with Crippen LogP contribution in [-0.2, 0) is 4.74 Å². The highest BCUT2D eigenvalue weighted by atomic mass is 19.1. The fraction of sp³-hybridized carbons (Fsp3) is 0.405. The number of hydrogen-bond donors (Lipinski definition) is 1. The Labute approximate surface area is 299 Å². The fourth-order valence-corrected chi connectivity index (χ4v) is 7.39. The number of benzene rings is 2. The minimum atomic E-state index is -0.594. The highest BCUT2D eigenvalue weighted by Crippen LogP contribution is 2.30. The van der Waals surface area contributed by atoms with Gasteiger partial charge >= 0.3 is 6.09 Å². The Morgan fingerprint density at radius 2 is 1.65 bits per heavy atom. The number of rotatable bonds is 8. The number of nitro groups is 1. The van der Waals surface area contributed by atoms with Crippen molar-refractivity contribution in [1.29, 1.82) is 0 Å². The number of hydrogen-bond acceptors (Lipinski definition) is 10. The van der Waals surface area contributed by atoms with Crippen molar-refractivity contribution in [3.05, 3.63) is 105 Å². The molecule has 7 rings (SSSR count). The van der Waals surface area contributed by atoms with Crippen LogP contribution in [0.15, 0.2) is 77.9 Å². The van der Waals surface area contributed by atoms with Gasteiger partial charge in [0.1, 0.15) is 11.8 Å². The molecule has 3 aliphatic rings. The number of ether oxygens (including phenoxy) is 1. The Balaban J connectivity index is 0.853. The molecule has 5 heterocycles. The summed E-state index contributed by atoms with van der Waals surface area (Å²) in [7, 11) is 0. The molecule has 1 amide bonds. The van der Waals surface area contributed by atoms with E-state index >= 15 is 0 Å². The Bertz CT molecular complexity index is 1970. The molecule has 0 unspecified atom stereocenters. The maximum atomic E-state index is 14.9. The second-order valence-corrected chi connectivity index (χ2v) is 13.5. The molecule has 2 aromatic carbocycles. The van der Waals surface area contributed by atoms with Crippen molar-refractivity contribution in [2.24, 2.45) is 0 Å². The van der Waals surface area contributed by atoms with Crippen LogP contribution in [0.5, 0.6) is 0 Å². The summed E-state index contributed by atoms with van der Waals surface area (Å²) in [4.78, 5) is 50.5. The molecule has 0 bridgehead atoms. The number of piperidine rings is 3. The van der Waals surface area contributed by atoms with Gasteiger partial charge in [0.25, 0.3) is 11.2 Å². The van der Waals surface area contributed by atoms with E-state index in [2.05, 4.69) is 20.2 Å². The van der Waals surface area contributed by atoms with Gasteiger partial charge in [0.2, 0.25) is 5.95 Å². The Kier molecular flexibility index (Phi) is 10.4. The van der Waals surface area contributed by atoms with Gasteiger partial charge in [0.05, 0.1) is 22.9 Å². The molecule has 13 nitrogen and oxygen atoms in total. The van der Waals surface area contributed by atoms with Gasteiger partial charge in [-0.25, -0.2) is 23.5 Å². The summed E-state index contributed by atoms with van der Waals surface area (Å²) in [6.45, 7) is 3.97. The van der Waals surface area contributed by atoms with E-state index in [0.717, 1.165) is 51.0 Å². The maximum absolute atomic E-state index is 14.9. The first kappa shape index (κ1) is 35.0. The van der Waals surface area contributed by atoms with E-state index in [1.165, 1.54) is 22.8 Å². The Hall–Kier alpha value is -5.44. The van der Waals surface area contributed by atoms with Crippen LogP contribution in [0.2, 0.25) is 0 Å². The third-order valence-electron chi connectivity index (χ3n) is 10.3. The van der Waals surface area contributed by atoms with Gasteiger partial charge < -0.3 is 19.9 Å². The lowest BCUT2D eigenvalue weighted by molar-refractivity contribution is -0.385. The number of aromatic nitrogens is 3. The van der Waals surface area contributed by atoms with E-state index < -0.39 is 16.6 Å². The monoisotopic (exact) mass is 714 g/mol. The standard InChI is InChI=1S/C37H40F2N8O5/c38-31-23-29(47(50)51)7-8-33(31)44-18-11-27(12-19-44)43-20-13-30(14-21-43)52-37(49)45-16-9-26(10-17-45)41-36-40-24-32(39)35(42-36)25-4-3-5-28(22-25)46-15-2-1-6-34(46)48/h1-8,15,22-24,26-27,30H,9-14,16-21H2,(H,40,41,42). The number of carbonyl (C=O) groups is 1. The minimum Gasteiger partial charge on any atom is -0.446 e. The third-order valence-corrected chi connectivity index (χ3v) is 10.3. The molecule has 2 aromatic heterocycles. The van der Waals surface area contributed by atoms with Gasteiger partial charge in [0.15, 0.2) is 11.6 Å². The summed E-state index contributed by atoms with van der Waals surface area (Å²) in [6, 6.07) is 16.0. The topological polar surface area (TPSA) is 139 Å². The number of non-ortho nitro benzene ring substituents is 1. The lowest BCUT2D eigenvalue weighted by Gasteiger charge is -2.42. The number of nitrogens with one attached hydrogen (secondary N) is 1. The van der Waals surface area contributed by atoms with E-state index in [1.54, 1.807) is 47.5 Å². The normalized spacial score (nSPS) is 18.0. The molecular formula is C37H40F2N8O5. The summed E-state index contributed by atoms with van der Waals surface area (Å²) >= 11 is 0. The third kappa shape index (κ3) is 7.88. The summed E-state index contributed by atoms with van der Waals surface area (Å²) in [5, 5.41) is 14.2. The smallest absolute Gasteiger partial charge is 0.410 e. The second-order valence-electron chi connectivity index (χ2n) is 13.5. The highest BCUT2D eigenvalue weighted by Gasteiger charge is 2.32. The van der Waals surface area contributed by atoms with Crippen LogP contribution in [0, 0.1) is 21.7 Å². The van der Waals surface area contributed by atoms with Crippen molar-refractivity contribution in [2.75, 3.05) is 49.5 Å². The molecule has 3 aliphatic heterocycles. The summed E-state index contributed by atoms with van der Waals surface area (Å²) < 4.78 is 36.8. The summed E-state index contributed by atoms with van der Waals surface area (Å²) in [6.07, 6.45) is 6.84. The van der Waals surface area contributed by atoms with Crippen LogP contribution in [0.1, 0.15) is 38.5 Å². The van der Waals surface area contributed by atoms with Gasteiger partial charge in [0, 0.05) is 80.9 Å². The molecule has 0 atom stereocenters. The largest absolute Gasteiger partial charge is 0.446 e. The van der Waals surface area contributed by atoms with Crippen LogP contribution in [-0.4, -0.2) is 92.8 Å². The first-order valence-corrected chi connectivity index (χ1v) is 17.7. The summed E-state index contributed by atoms with van der Waals surface area (Å²) in [5.41, 5.74) is 1.18. The van der Waals surface area contributed by atoms with Gasteiger partial charge in [-0.05, 0) is 62.8 Å². The van der Waals surface area contributed by atoms with Crippen molar-refractivity contribution in [2.45, 2.75) is 56.7 Å². The van der Waals surface area contributed by atoms with E-state index in [-0.39, 0.29) is 41.1 Å². The van der Waals surface area contributed by atoms with Crippen molar-refractivity contribution in [3.8, 4) is 16.9 Å². The van der Waals surface area contributed by atoms with E-state index in [9.17, 15) is 28.5 Å². The fourth-order valence-electron chi connectivity index (χ4n) is 7.39. The summed E-state index contributed by atoms with van der Waals surface area (Å²) in [5.74, 6) is -0.863. The molecule has 4 aromatic rings. The van der Waals surface area contributed by atoms with Gasteiger partial charge in [-0.3, -0.25) is 24.4 Å². The SMILES string of the molecule is O=C(OC1CCN(C2CCN(c3ccc([N+](=O)[O-])cc3F)CC2)CC1)N1CCC(Nc2ncc(F)c(-c3cccc(-n4ccccc4=O)c3)n2)CC1. The lowest BCUT2D eigenvalue weighted by Crippen LogP contribution is -2.50. The molecule has 1 N–H and O–H groups in total. The number of amides is 1. The highest BCUT2D eigenvalue weighted by molar-refractivity contribution is 5.68. The molecule has 0 radical (unpaired) electrons. The number of nitro benzene ring substituents is 1.